The van der Waals surface area contributed by atoms with E-state index in [0.29, 0.717) is 5.69 Å². The van der Waals surface area contributed by atoms with E-state index in [2.05, 4.69) is 10.3 Å². The SMILES string of the molecule is NNC(=O)C(=O)Nc1cccnc1. The number of aromatic nitrogens is 1. The Kier molecular flexibility index (Phi) is 2.93. The van der Waals surface area contributed by atoms with Crippen LogP contribution in [0.1, 0.15) is 0 Å². The molecule has 1 heterocycles. The molecule has 0 aromatic carbocycles. The van der Waals surface area contributed by atoms with Gasteiger partial charge in [0.2, 0.25) is 0 Å². The first-order chi connectivity index (χ1) is 6.24. The molecule has 0 aliphatic rings. The summed E-state index contributed by atoms with van der Waals surface area (Å²) in [6.45, 7) is 0. The second kappa shape index (κ2) is 4.17. The number of hydrogen-bond donors (Lipinski definition) is 3. The van der Waals surface area contributed by atoms with Crippen LogP contribution in [0.2, 0.25) is 0 Å². The zero-order valence-electron chi connectivity index (χ0n) is 6.65. The van der Waals surface area contributed by atoms with Gasteiger partial charge in [0.25, 0.3) is 0 Å². The first-order valence-electron chi connectivity index (χ1n) is 3.46. The molecule has 0 unspecified atom stereocenters. The van der Waals surface area contributed by atoms with Crippen LogP contribution < -0.4 is 16.6 Å². The molecule has 6 nitrogen and oxygen atoms in total. The molecule has 0 aliphatic heterocycles. The van der Waals surface area contributed by atoms with Crippen LogP contribution in [0.15, 0.2) is 24.5 Å². The van der Waals surface area contributed by atoms with Crippen molar-refractivity contribution in [1.82, 2.24) is 10.4 Å². The summed E-state index contributed by atoms with van der Waals surface area (Å²) in [5.41, 5.74) is 2.15. The van der Waals surface area contributed by atoms with Gasteiger partial charge in [0, 0.05) is 6.20 Å². The summed E-state index contributed by atoms with van der Waals surface area (Å²) in [6.07, 6.45) is 2.97. The third-order valence-electron chi connectivity index (χ3n) is 1.26. The summed E-state index contributed by atoms with van der Waals surface area (Å²) in [5.74, 6) is 3.03. The highest BCUT2D eigenvalue weighted by molar-refractivity contribution is 6.39. The third-order valence-corrected chi connectivity index (χ3v) is 1.26. The van der Waals surface area contributed by atoms with Crippen LogP contribution in [0.25, 0.3) is 0 Å². The van der Waals surface area contributed by atoms with Crippen LogP contribution in [0, 0.1) is 0 Å². The van der Waals surface area contributed by atoms with E-state index < -0.39 is 11.8 Å². The van der Waals surface area contributed by atoms with Crippen molar-refractivity contribution < 1.29 is 9.59 Å². The normalized spacial score (nSPS) is 9.00. The van der Waals surface area contributed by atoms with Crippen LogP contribution in [-0.2, 0) is 9.59 Å². The van der Waals surface area contributed by atoms with Gasteiger partial charge in [-0.3, -0.25) is 20.0 Å². The maximum absolute atomic E-state index is 10.9. The van der Waals surface area contributed by atoms with E-state index in [0.717, 1.165) is 0 Å². The van der Waals surface area contributed by atoms with Crippen LogP contribution >= 0.6 is 0 Å². The van der Waals surface area contributed by atoms with Crippen molar-refractivity contribution in [3.8, 4) is 0 Å². The summed E-state index contributed by atoms with van der Waals surface area (Å²) in [5, 5.41) is 2.30. The number of nitrogens with zero attached hydrogens (tertiary/aromatic N) is 1. The van der Waals surface area contributed by atoms with E-state index in [1.807, 2.05) is 0 Å². The average molecular weight is 180 g/mol. The highest BCUT2D eigenvalue weighted by Gasteiger charge is 2.10. The van der Waals surface area contributed by atoms with Gasteiger partial charge in [-0.15, -0.1) is 0 Å². The number of hydrazine groups is 1. The molecule has 2 amide bonds. The van der Waals surface area contributed by atoms with Crippen molar-refractivity contribution >= 4 is 17.5 Å². The summed E-state index contributed by atoms with van der Waals surface area (Å²) in [7, 11) is 0. The van der Waals surface area contributed by atoms with Gasteiger partial charge in [-0.25, -0.2) is 5.84 Å². The highest BCUT2D eigenvalue weighted by atomic mass is 16.2. The largest absolute Gasteiger partial charge is 0.323 e. The molecule has 0 saturated carbocycles. The second-order valence-electron chi connectivity index (χ2n) is 2.17. The van der Waals surface area contributed by atoms with Gasteiger partial charge in [-0.1, -0.05) is 0 Å². The number of hydrogen-bond acceptors (Lipinski definition) is 4. The zero-order valence-corrected chi connectivity index (χ0v) is 6.65. The van der Waals surface area contributed by atoms with E-state index in [1.165, 1.54) is 6.20 Å². The summed E-state index contributed by atoms with van der Waals surface area (Å²) >= 11 is 0. The zero-order chi connectivity index (χ0) is 9.68. The molecule has 6 heteroatoms. The standard InChI is InChI=1S/C7H8N4O2/c8-11-7(13)6(12)10-5-2-1-3-9-4-5/h1-4H,8H2,(H,10,12)(H,11,13). The van der Waals surface area contributed by atoms with Crippen molar-refractivity contribution in [2.24, 2.45) is 5.84 Å². The van der Waals surface area contributed by atoms with Crippen molar-refractivity contribution in [1.29, 1.82) is 0 Å². The van der Waals surface area contributed by atoms with E-state index >= 15 is 0 Å². The van der Waals surface area contributed by atoms with E-state index in [-0.39, 0.29) is 0 Å². The molecule has 0 aliphatic carbocycles. The van der Waals surface area contributed by atoms with Gasteiger partial charge in [0.15, 0.2) is 0 Å². The first-order valence-corrected chi connectivity index (χ1v) is 3.46. The Bertz CT molecular complexity index is 312. The fourth-order valence-electron chi connectivity index (χ4n) is 0.690. The molecule has 0 radical (unpaired) electrons. The number of nitrogens with two attached hydrogens (primary N) is 1. The lowest BCUT2D eigenvalue weighted by Crippen LogP contribution is -2.39. The number of amides is 2. The minimum absolute atomic E-state index is 0.441. The molecule has 1 aromatic rings. The average Bonchev–Trinajstić information content (AvgIpc) is 2.18. The highest BCUT2D eigenvalue weighted by Crippen LogP contribution is 2.01. The van der Waals surface area contributed by atoms with Crippen molar-refractivity contribution in [3.63, 3.8) is 0 Å². The lowest BCUT2D eigenvalue weighted by atomic mass is 10.4. The Morgan fingerprint density at radius 3 is 2.69 bits per heavy atom. The predicted octanol–water partition coefficient (Wildman–Crippen LogP) is -0.990. The molecule has 13 heavy (non-hydrogen) atoms. The van der Waals surface area contributed by atoms with E-state index in [9.17, 15) is 9.59 Å². The molecule has 4 N–H and O–H groups in total. The van der Waals surface area contributed by atoms with Gasteiger partial charge in [-0.2, -0.15) is 0 Å². The third kappa shape index (κ3) is 2.53. The van der Waals surface area contributed by atoms with E-state index in [1.54, 1.807) is 23.8 Å². The molecule has 1 aromatic heterocycles. The van der Waals surface area contributed by atoms with E-state index in [4.69, 9.17) is 5.84 Å². The van der Waals surface area contributed by atoms with Crippen LogP contribution in [0.3, 0.4) is 0 Å². The number of carbonyl (C=O) groups is 2. The van der Waals surface area contributed by atoms with Gasteiger partial charge < -0.3 is 5.32 Å². The Morgan fingerprint density at radius 2 is 2.15 bits per heavy atom. The van der Waals surface area contributed by atoms with Gasteiger partial charge in [-0.05, 0) is 12.1 Å². The maximum atomic E-state index is 10.9. The fraction of sp³-hybridized carbons (Fsp3) is 0. The van der Waals surface area contributed by atoms with Crippen LogP contribution in [0.4, 0.5) is 5.69 Å². The fourth-order valence-corrected chi connectivity index (χ4v) is 0.690. The second-order valence-corrected chi connectivity index (χ2v) is 2.17. The quantitative estimate of drug-likeness (QED) is 0.224. The number of rotatable bonds is 1. The Morgan fingerprint density at radius 1 is 1.38 bits per heavy atom. The topological polar surface area (TPSA) is 97.1 Å². The Labute approximate surface area is 74.1 Å². The summed E-state index contributed by atoms with van der Waals surface area (Å²) in [6, 6.07) is 3.24. The number of carbonyl (C=O) groups excluding carboxylic acids is 2. The lowest BCUT2D eigenvalue weighted by molar-refractivity contribution is -0.136. The van der Waals surface area contributed by atoms with Gasteiger partial charge in [0.05, 0.1) is 11.9 Å². The van der Waals surface area contributed by atoms with Crippen LogP contribution in [-0.4, -0.2) is 16.8 Å². The van der Waals surface area contributed by atoms with Crippen LogP contribution in [0.5, 0.6) is 0 Å². The van der Waals surface area contributed by atoms with Gasteiger partial charge >= 0.3 is 11.8 Å². The molecule has 0 atom stereocenters. The number of nitrogens with one attached hydrogen (secondary N) is 2. The predicted molar refractivity (Wildman–Crippen MR) is 45.2 cm³/mol. The number of pyridine rings is 1. The van der Waals surface area contributed by atoms with Crippen molar-refractivity contribution in [3.05, 3.63) is 24.5 Å². The summed E-state index contributed by atoms with van der Waals surface area (Å²) < 4.78 is 0. The smallest absolute Gasteiger partial charge is 0.316 e. The molecule has 0 bridgehead atoms. The molecule has 0 saturated heterocycles. The Hall–Kier alpha value is -1.95. The first kappa shape index (κ1) is 9.14. The molecule has 0 spiro atoms. The maximum Gasteiger partial charge on any atom is 0.323 e. The minimum atomic E-state index is -0.899. The molecular weight excluding hydrogens is 172 g/mol. The molecular formula is C7H8N4O2. The van der Waals surface area contributed by atoms with Crippen molar-refractivity contribution in [2.75, 3.05) is 5.32 Å². The Balaban J connectivity index is 2.60. The monoisotopic (exact) mass is 180 g/mol. The van der Waals surface area contributed by atoms with Gasteiger partial charge in [0.1, 0.15) is 0 Å². The molecule has 0 fully saturated rings. The molecule has 1 rings (SSSR count). The lowest BCUT2D eigenvalue weighted by Gasteiger charge is -2.01. The van der Waals surface area contributed by atoms with Crippen molar-refractivity contribution in [2.45, 2.75) is 0 Å². The number of anilines is 1. The summed E-state index contributed by atoms with van der Waals surface area (Å²) in [4.78, 5) is 25.3. The minimum Gasteiger partial charge on any atom is -0.316 e. The molecule has 68 valence electrons.